The second-order valence-corrected chi connectivity index (χ2v) is 9.50. The zero-order valence-electron chi connectivity index (χ0n) is 18.8. The van der Waals surface area contributed by atoms with Crippen LogP contribution in [0.5, 0.6) is 0 Å². The average molecular weight is 440 g/mol. The summed E-state index contributed by atoms with van der Waals surface area (Å²) < 4.78 is 5.50. The van der Waals surface area contributed by atoms with Crippen molar-refractivity contribution >= 4 is 11.9 Å². The summed E-state index contributed by atoms with van der Waals surface area (Å²) in [5.41, 5.74) is 2.49. The number of aryl methyl sites for hydroxylation is 1. The van der Waals surface area contributed by atoms with Crippen molar-refractivity contribution in [1.29, 1.82) is 0 Å². The number of hydrogen-bond acceptors (Lipinski definition) is 5. The second kappa shape index (κ2) is 9.86. The van der Waals surface area contributed by atoms with Crippen molar-refractivity contribution in [3.63, 3.8) is 0 Å². The highest BCUT2D eigenvalue weighted by Gasteiger charge is 2.36. The minimum absolute atomic E-state index is 0.0173. The van der Waals surface area contributed by atoms with Crippen molar-refractivity contribution in [2.24, 2.45) is 5.41 Å². The lowest BCUT2D eigenvalue weighted by molar-refractivity contribution is -0.139. The molecule has 1 saturated heterocycles. The van der Waals surface area contributed by atoms with Gasteiger partial charge in [-0.3, -0.25) is 14.6 Å². The number of carbonyl (C=O) groups excluding carboxylic acids is 1. The molecule has 0 aromatic carbocycles. The Kier molecular flexibility index (Phi) is 6.94. The molecule has 7 nitrogen and oxygen atoms in total. The standard InChI is InChI=1S/C25H33N3O4/c1-18-4-5-21(26-17-18)20-8-15-32-23(20)24(31)27-19-6-12-28(13-7-19)14-11-25(16-22(29)30)9-2-3-10-25/h4-5,8,15,17,19H,2-3,6-7,9-14,16H2,1H3,(H,27,31)(H,29,30). The second-order valence-electron chi connectivity index (χ2n) is 9.50. The van der Waals surface area contributed by atoms with E-state index in [1.807, 2.05) is 19.1 Å². The van der Waals surface area contributed by atoms with Gasteiger partial charge in [0.2, 0.25) is 5.76 Å². The lowest BCUT2D eigenvalue weighted by Gasteiger charge is -2.35. The number of rotatable bonds is 8. The van der Waals surface area contributed by atoms with E-state index in [2.05, 4.69) is 15.2 Å². The van der Waals surface area contributed by atoms with Crippen LogP contribution in [0.2, 0.25) is 0 Å². The van der Waals surface area contributed by atoms with Crippen LogP contribution in [0, 0.1) is 12.3 Å². The number of pyridine rings is 1. The molecule has 1 aliphatic carbocycles. The van der Waals surface area contributed by atoms with Crippen LogP contribution in [0.15, 0.2) is 35.1 Å². The third kappa shape index (κ3) is 5.38. The van der Waals surface area contributed by atoms with Crippen molar-refractivity contribution in [2.45, 2.75) is 64.3 Å². The quantitative estimate of drug-likeness (QED) is 0.638. The summed E-state index contributed by atoms with van der Waals surface area (Å²) >= 11 is 0. The smallest absolute Gasteiger partial charge is 0.303 e. The fourth-order valence-electron chi connectivity index (χ4n) is 5.22. The molecule has 0 unspecified atom stereocenters. The van der Waals surface area contributed by atoms with Crippen LogP contribution >= 0.6 is 0 Å². The highest BCUT2D eigenvalue weighted by molar-refractivity contribution is 5.97. The molecule has 1 amide bonds. The summed E-state index contributed by atoms with van der Waals surface area (Å²) in [6.07, 6.45) is 10.7. The third-order valence-electron chi connectivity index (χ3n) is 7.13. The van der Waals surface area contributed by atoms with Gasteiger partial charge in [-0.05, 0) is 68.7 Å². The van der Waals surface area contributed by atoms with Crippen molar-refractivity contribution in [1.82, 2.24) is 15.2 Å². The van der Waals surface area contributed by atoms with Crippen molar-refractivity contribution in [3.05, 3.63) is 42.0 Å². The van der Waals surface area contributed by atoms with Crippen LogP contribution in [-0.4, -0.2) is 52.5 Å². The van der Waals surface area contributed by atoms with E-state index < -0.39 is 5.97 Å². The molecule has 0 bridgehead atoms. The van der Waals surface area contributed by atoms with Gasteiger partial charge in [0.25, 0.3) is 5.91 Å². The van der Waals surface area contributed by atoms with Crippen molar-refractivity contribution in [2.75, 3.05) is 19.6 Å². The average Bonchev–Trinajstić information content (AvgIpc) is 3.44. The van der Waals surface area contributed by atoms with Gasteiger partial charge in [0.05, 0.1) is 23.9 Å². The molecule has 172 valence electrons. The lowest BCUT2D eigenvalue weighted by atomic mass is 9.79. The molecule has 4 rings (SSSR count). The number of carboxylic acid groups (broad SMARTS) is 1. The number of hydrogen-bond donors (Lipinski definition) is 2. The monoisotopic (exact) mass is 439 g/mol. The Morgan fingerprint density at radius 3 is 2.62 bits per heavy atom. The highest BCUT2D eigenvalue weighted by Crippen LogP contribution is 2.44. The summed E-state index contributed by atoms with van der Waals surface area (Å²) in [5, 5.41) is 12.4. The number of piperidine rings is 1. The fourth-order valence-corrected chi connectivity index (χ4v) is 5.22. The number of carbonyl (C=O) groups is 2. The number of amides is 1. The molecule has 0 spiro atoms. The molecule has 1 aliphatic heterocycles. The lowest BCUT2D eigenvalue weighted by Crippen LogP contribution is -2.45. The maximum absolute atomic E-state index is 12.9. The number of aromatic nitrogens is 1. The predicted molar refractivity (Wildman–Crippen MR) is 121 cm³/mol. The van der Waals surface area contributed by atoms with Gasteiger partial charge in [0.15, 0.2) is 0 Å². The zero-order valence-corrected chi connectivity index (χ0v) is 18.8. The van der Waals surface area contributed by atoms with Gasteiger partial charge in [-0.25, -0.2) is 0 Å². The van der Waals surface area contributed by atoms with Gasteiger partial charge in [0, 0.05) is 25.3 Å². The van der Waals surface area contributed by atoms with Crippen LogP contribution in [0.25, 0.3) is 11.3 Å². The summed E-state index contributed by atoms with van der Waals surface area (Å²) in [4.78, 5) is 31.0. The molecule has 2 fully saturated rings. The van der Waals surface area contributed by atoms with Crippen molar-refractivity contribution < 1.29 is 19.1 Å². The van der Waals surface area contributed by atoms with Gasteiger partial charge in [-0.2, -0.15) is 0 Å². The van der Waals surface area contributed by atoms with E-state index in [0.29, 0.717) is 17.7 Å². The Bertz CT molecular complexity index is 923. The number of likely N-dealkylation sites (tertiary alicyclic amines) is 1. The molecular weight excluding hydrogens is 406 g/mol. The molecule has 1 saturated carbocycles. The van der Waals surface area contributed by atoms with E-state index in [9.17, 15) is 14.7 Å². The molecule has 32 heavy (non-hydrogen) atoms. The Balaban J connectivity index is 1.27. The van der Waals surface area contributed by atoms with Crippen LogP contribution in [0.1, 0.15) is 67.5 Å². The number of aliphatic carboxylic acids is 1. The molecule has 2 aliphatic rings. The van der Waals surface area contributed by atoms with E-state index in [-0.39, 0.29) is 17.4 Å². The first-order valence-electron chi connectivity index (χ1n) is 11.7. The first-order chi connectivity index (χ1) is 15.4. The first kappa shape index (κ1) is 22.5. The fraction of sp³-hybridized carbons (Fsp3) is 0.560. The van der Waals surface area contributed by atoms with E-state index in [4.69, 9.17) is 4.42 Å². The SMILES string of the molecule is Cc1ccc(-c2ccoc2C(=O)NC2CCN(CCC3(CC(=O)O)CCCC3)CC2)nc1. The topological polar surface area (TPSA) is 95.7 Å². The summed E-state index contributed by atoms with van der Waals surface area (Å²) in [5.74, 6) is -0.565. The van der Waals surface area contributed by atoms with E-state index in [1.54, 1.807) is 12.3 Å². The number of nitrogens with zero attached hydrogens (tertiary/aromatic N) is 2. The Hall–Kier alpha value is -2.67. The van der Waals surface area contributed by atoms with E-state index in [0.717, 1.165) is 75.8 Å². The molecule has 2 aromatic heterocycles. The Morgan fingerprint density at radius 1 is 1.22 bits per heavy atom. The Labute approximate surface area is 189 Å². The summed E-state index contributed by atoms with van der Waals surface area (Å²) in [7, 11) is 0. The predicted octanol–water partition coefficient (Wildman–Crippen LogP) is 4.27. The number of carboxylic acids is 1. The number of furan rings is 1. The van der Waals surface area contributed by atoms with Gasteiger partial charge in [0.1, 0.15) is 0 Å². The molecule has 3 heterocycles. The molecule has 0 radical (unpaired) electrons. The zero-order chi connectivity index (χ0) is 22.6. The molecular formula is C25H33N3O4. The van der Waals surface area contributed by atoms with Crippen molar-refractivity contribution in [3.8, 4) is 11.3 Å². The van der Waals surface area contributed by atoms with Gasteiger partial charge in [-0.1, -0.05) is 18.9 Å². The van der Waals surface area contributed by atoms with E-state index in [1.165, 1.54) is 6.26 Å². The molecule has 7 heteroatoms. The van der Waals surface area contributed by atoms with Crippen LogP contribution in [0.3, 0.4) is 0 Å². The molecule has 2 aromatic rings. The summed E-state index contributed by atoms with van der Waals surface area (Å²) in [6, 6.07) is 5.77. The maximum atomic E-state index is 12.9. The number of nitrogens with one attached hydrogen (secondary N) is 1. The van der Waals surface area contributed by atoms with E-state index >= 15 is 0 Å². The third-order valence-corrected chi connectivity index (χ3v) is 7.13. The maximum Gasteiger partial charge on any atom is 0.303 e. The largest absolute Gasteiger partial charge is 0.481 e. The van der Waals surface area contributed by atoms with Crippen LogP contribution in [-0.2, 0) is 4.79 Å². The highest BCUT2D eigenvalue weighted by atomic mass is 16.4. The summed E-state index contributed by atoms with van der Waals surface area (Å²) in [6.45, 7) is 4.75. The molecule has 2 N–H and O–H groups in total. The van der Waals surface area contributed by atoms with Gasteiger partial charge >= 0.3 is 5.97 Å². The molecule has 0 atom stereocenters. The van der Waals surface area contributed by atoms with Crippen LogP contribution < -0.4 is 5.32 Å². The van der Waals surface area contributed by atoms with Gasteiger partial charge in [-0.15, -0.1) is 0 Å². The van der Waals surface area contributed by atoms with Gasteiger partial charge < -0.3 is 19.7 Å². The Morgan fingerprint density at radius 2 is 1.97 bits per heavy atom. The minimum atomic E-state index is -0.675. The minimum Gasteiger partial charge on any atom is -0.481 e. The first-order valence-corrected chi connectivity index (χ1v) is 11.7. The normalized spacial score (nSPS) is 19.2. The van der Waals surface area contributed by atoms with Crippen LogP contribution in [0.4, 0.5) is 0 Å².